The topological polar surface area (TPSA) is 106 Å². The summed E-state index contributed by atoms with van der Waals surface area (Å²) in [5.74, 6) is 6.75. The molecule has 1 aromatic carbocycles. The maximum absolute atomic E-state index is 10.7. The van der Waals surface area contributed by atoms with Crippen LogP contribution in [0.4, 0.5) is 5.69 Å². The van der Waals surface area contributed by atoms with Crippen molar-refractivity contribution in [1.29, 1.82) is 0 Å². The molecule has 0 spiro atoms. The first-order valence-electron chi connectivity index (χ1n) is 9.82. The van der Waals surface area contributed by atoms with E-state index in [-0.39, 0.29) is 6.10 Å². The maximum Gasteiger partial charge on any atom is 0.293 e. The van der Waals surface area contributed by atoms with Crippen LogP contribution in [0.3, 0.4) is 0 Å². The van der Waals surface area contributed by atoms with Crippen LogP contribution in [0.5, 0.6) is 0 Å². The van der Waals surface area contributed by atoms with Gasteiger partial charge in [-0.1, -0.05) is 11.2 Å². The quantitative estimate of drug-likeness (QED) is 0.314. The van der Waals surface area contributed by atoms with Crippen LogP contribution in [-0.2, 0) is 22.4 Å². The summed E-state index contributed by atoms with van der Waals surface area (Å²) in [5.41, 5.74) is 8.54. The zero-order chi connectivity index (χ0) is 20.6. The number of carbonyl (C=O) groups excluding carboxylic acids is 1. The number of ether oxygens (including phenoxy) is 1. The number of likely N-dealkylation sites (N-methyl/N-ethyl adjacent to an activating group) is 2. The average molecular weight is 399 g/mol. The summed E-state index contributed by atoms with van der Waals surface area (Å²) in [5, 5.41) is 6.85. The van der Waals surface area contributed by atoms with Crippen LogP contribution in [0.25, 0.3) is 5.70 Å². The lowest BCUT2D eigenvalue weighted by molar-refractivity contribution is -0.132. The SMILES string of the molecule is CNCC(CN(C)c1ccc2c(c1)CCCC(Cc1ccno1)=C2NN)OC=O. The van der Waals surface area contributed by atoms with E-state index in [0.29, 0.717) is 26.0 Å². The molecule has 156 valence electrons. The van der Waals surface area contributed by atoms with Gasteiger partial charge in [-0.15, -0.1) is 0 Å². The largest absolute Gasteiger partial charge is 0.461 e. The first-order chi connectivity index (χ1) is 14.2. The first kappa shape index (κ1) is 20.9. The minimum atomic E-state index is -0.212. The van der Waals surface area contributed by atoms with Crippen LogP contribution in [0.15, 0.2) is 40.6 Å². The van der Waals surface area contributed by atoms with Crippen molar-refractivity contribution in [2.24, 2.45) is 5.84 Å². The molecule has 0 aliphatic heterocycles. The third-order valence-electron chi connectivity index (χ3n) is 5.26. The molecule has 0 saturated heterocycles. The molecular weight excluding hydrogens is 370 g/mol. The average Bonchev–Trinajstić information content (AvgIpc) is 3.16. The van der Waals surface area contributed by atoms with Crippen LogP contribution in [-0.4, -0.2) is 44.9 Å². The second kappa shape index (κ2) is 10.1. The minimum Gasteiger partial charge on any atom is -0.461 e. The fourth-order valence-corrected chi connectivity index (χ4v) is 3.85. The number of fused-ring (bicyclic) bond motifs is 1. The van der Waals surface area contributed by atoms with Crippen LogP contribution in [0.2, 0.25) is 0 Å². The Hall–Kier alpha value is -2.84. The van der Waals surface area contributed by atoms with Gasteiger partial charge in [-0.2, -0.15) is 0 Å². The van der Waals surface area contributed by atoms with Crippen LogP contribution in [0.1, 0.15) is 29.7 Å². The molecule has 3 rings (SSSR count). The second-order valence-corrected chi connectivity index (χ2v) is 7.27. The number of nitrogens with zero attached hydrogens (tertiary/aromatic N) is 2. The van der Waals surface area contributed by atoms with E-state index in [1.807, 2.05) is 20.2 Å². The van der Waals surface area contributed by atoms with Gasteiger partial charge in [-0.3, -0.25) is 10.6 Å². The molecule has 8 nitrogen and oxygen atoms in total. The molecule has 1 aliphatic carbocycles. The van der Waals surface area contributed by atoms with Gasteiger partial charge in [0.15, 0.2) is 0 Å². The van der Waals surface area contributed by atoms with Crippen LogP contribution >= 0.6 is 0 Å². The summed E-state index contributed by atoms with van der Waals surface area (Å²) >= 11 is 0. The monoisotopic (exact) mass is 399 g/mol. The lowest BCUT2D eigenvalue weighted by atomic mass is 9.99. The van der Waals surface area contributed by atoms with Crippen LogP contribution in [0, 0.1) is 0 Å². The van der Waals surface area contributed by atoms with E-state index < -0.39 is 0 Å². The molecule has 1 heterocycles. The zero-order valence-electron chi connectivity index (χ0n) is 17.0. The standard InChI is InChI=1S/C21H29N5O3/c1-23-12-19(28-14-27)13-26(2)17-6-7-20-15(10-17)4-3-5-16(21(20)25-22)11-18-8-9-24-29-18/h6-10,14,19,23,25H,3-5,11-13,22H2,1-2H3. The predicted molar refractivity (Wildman–Crippen MR) is 112 cm³/mol. The summed E-state index contributed by atoms with van der Waals surface area (Å²) in [4.78, 5) is 12.9. The molecule has 29 heavy (non-hydrogen) atoms. The number of rotatable bonds is 10. The summed E-state index contributed by atoms with van der Waals surface area (Å²) in [6, 6.07) is 8.26. The molecule has 1 aromatic heterocycles. The summed E-state index contributed by atoms with van der Waals surface area (Å²) in [7, 11) is 3.84. The normalized spacial score (nSPS) is 14.7. The van der Waals surface area contributed by atoms with Gasteiger partial charge in [0, 0.05) is 37.3 Å². The van der Waals surface area contributed by atoms with Crippen molar-refractivity contribution < 1.29 is 14.1 Å². The molecule has 0 fully saturated rings. The molecule has 1 aliphatic rings. The van der Waals surface area contributed by atoms with E-state index in [0.717, 1.165) is 42.0 Å². The van der Waals surface area contributed by atoms with E-state index >= 15 is 0 Å². The lowest BCUT2D eigenvalue weighted by Crippen LogP contribution is -2.37. The molecule has 1 atom stereocenters. The Labute approximate surface area is 171 Å². The molecule has 0 amide bonds. The number of nitrogens with two attached hydrogens (primary N) is 1. The number of anilines is 1. The zero-order valence-corrected chi connectivity index (χ0v) is 17.0. The summed E-state index contributed by atoms with van der Waals surface area (Å²) in [6.07, 6.45) is 5.08. The van der Waals surface area contributed by atoms with Gasteiger partial charge in [0.25, 0.3) is 6.47 Å². The molecular formula is C21H29N5O3. The molecule has 0 radical (unpaired) electrons. The summed E-state index contributed by atoms with van der Waals surface area (Å²) in [6.45, 7) is 1.71. The number of carbonyl (C=O) groups is 1. The van der Waals surface area contributed by atoms with Crippen molar-refractivity contribution in [3.05, 3.63) is 52.9 Å². The van der Waals surface area contributed by atoms with Gasteiger partial charge < -0.3 is 24.9 Å². The predicted octanol–water partition coefficient (Wildman–Crippen LogP) is 1.63. The Balaban J connectivity index is 1.84. The Kier molecular flexibility index (Phi) is 7.26. The highest BCUT2D eigenvalue weighted by Crippen LogP contribution is 2.32. The first-order valence-corrected chi connectivity index (χ1v) is 9.82. The number of hydrogen-bond acceptors (Lipinski definition) is 8. The fraction of sp³-hybridized carbons (Fsp3) is 0.429. The molecule has 0 bridgehead atoms. The lowest BCUT2D eigenvalue weighted by Gasteiger charge is -2.25. The number of hydrogen-bond donors (Lipinski definition) is 3. The number of allylic oxidation sites excluding steroid dienone is 1. The summed E-state index contributed by atoms with van der Waals surface area (Å²) < 4.78 is 10.5. The van der Waals surface area contributed by atoms with Crippen LogP contribution < -0.4 is 21.5 Å². The Bertz CT molecular complexity index is 835. The number of benzene rings is 1. The number of nitrogens with one attached hydrogen (secondary N) is 2. The molecule has 4 N–H and O–H groups in total. The van der Waals surface area contributed by atoms with E-state index in [4.69, 9.17) is 15.1 Å². The van der Waals surface area contributed by atoms with E-state index in [1.54, 1.807) is 6.20 Å². The Morgan fingerprint density at radius 2 is 2.24 bits per heavy atom. The highest BCUT2D eigenvalue weighted by Gasteiger charge is 2.20. The van der Waals surface area contributed by atoms with Crippen molar-refractivity contribution in [2.45, 2.75) is 31.8 Å². The molecule has 2 aromatic rings. The third kappa shape index (κ3) is 5.16. The van der Waals surface area contributed by atoms with Gasteiger partial charge in [-0.25, -0.2) is 0 Å². The Morgan fingerprint density at radius 3 is 2.93 bits per heavy atom. The Morgan fingerprint density at radius 1 is 1.38 bits per heavy atom. The van der Waals surface area contributed by atoms with Gasteiger partial charge >= 0.3 is 0 Å². The number of aromatic nitrogens is 1. The van der Waals surface area contributed by atoms with Crippen molar-refractivity contribution in [3.63, 3.8) is 0 Å². The van der Waals surface area contributed by atoms with Gasteiger partial charge in [0.05, 0.1) is 18.4 Å². The highest BCUT2D eigenvalue weighted by atomic mass is 16.5. The second-order valence-electron chi connectivity index (χ2n) is 7.27. The van der Waals surface area contributed by atoms with E-state index in [9.17, 15) is 4.79 Å². The van der Waals surface area contributed by atoms with Gasteiger partial charge in [0.2, 0.25) is 0 Å². The van der Waals surface area contributed by atoms with Crippen molar-refractivity contribution in [1.82, 2.24) is 15.9 Å². The number of hydrazine groups is 1. The number of aryl methyl sites for hydroxylation is 1. The van der Waals surface area contributed by atoms with Crippen molar-refractivity contribution in [3.8, 4) is 0 Å². The van der Waals surface area contributed by atoms with E-state index in [2.05, 4.69) is 39.0 Å². The van der Waals surface area contributed by atoms with E-state index in [1.165, 1.54) is 11.1 Å². The molecule has 0 saturated carbocycles. The maximum atomic E-state index is 10.7. The minimum absolute atomic E-state index is 0.212. The van der Waals surface area contributed by atoms with Gasteiger partial charge in [-0.05, 0) is 49.6 Å². The van der Waals surface area contributed by atoms with Crippen molar-refractivity contribution in [2.75, 3.05) is 32.1 Å². The third-order valence-corrected chi connectivity index (χ3v) is 5.26. The van der Waals surface area contributed by atoms with Crippen molar-refractivity contribution >= 4 is 17.9 Å². The van der Waals surface area contributed by atoms with Gasteiger partial charge in [0.1, 0.15) is 11.9 Å². The smallest absolute Gasteiger partial charge is 0.293 e. The fourth-order valence-electron chi connectivity index (χ4n) is 3.85. The highest BCUT2D eigenvalue weighted by molar-refractivity contribution is 5.72. The molecule has 1 unspecified atom stereocenters. The molecule has 8 heteroatoms.